The van der Waals surface area contributed by atoms with Gasteiger partial charge in [-0.3, -0.25) is 0 Å². The summed E-state index contributed by atoms with van der Waals surface area (Å²) in [6.45, 7) is 4.46. The highest BCUT2D eigenvalue weighted by atomic mass is 31.0. The van der Waals surface area contributed by atoms with E-state index >= 15 is 0 Å². The van der Waals surface area contributed by atoms with Crippen LogP contribution >= 0.6 is 9.24 Å². The predicted octanol–water partition coefficient (Wildman–Crippen LogP) is -1.17. The van der Waals surface area contributed by atoms with Crippen LogP contribution in [-0.2, 0) is 0 Å². The largest absolute Gasteiger partial charge is 0.139 e. The van der Waals surface area contributed by atoms with E-state index in [0.29, 0.717) is 5.92 Å². The van der Waals surface area contributed by atoms with Crippen LogP contribution in [0.4, 0.5) is 0 Å². The Hall–Kier alpha value is -0.220. The molecule has 0 aromatic heterocycles. The van der Waals surface area contributed by atoms with Crippen molar-refractivity contribution < 1.29 is 0 Å². The van der Waals surface area contributed by atoms with E-state index in [1.54, 1.807) is 0 Å². The molecular formula is C9H15B2P. The minimum Gasteiger partial charge on any atom is -0.106 e. The number of hydrogen-bond acceptors (Lipinski definition) is 0. The van der Waals surface area contributed by atoms with Crippen molar-refractivity contribution in [3.05, 3.63) is 17.7 Å². The summed E-state index contributed by atoms with van der Waals surface area (Å²) in [5.41, 5.74) is 4.22. The van der Waals surface area contributed by atoms with Gasteiger partial charge in [0, 0.05) is 0 Å². The summed E-state index contributed by atoms with van der Waals surface area (Å²) < 4.78 is 0. The maximum absolute atomic E-state index is 2.80. The first-order chi connectivity index (χ1) is 5.52. The molecule has 0 spiro atoms. The zero-order valence-electron chi connectivity index (χ0n) is 8.31. The number of benzene rings is 1. The number of hydrogen-bond donors (Lipinski definition) is 0. The van der Waals surface area contributed by atoms with E-state index in [2.05, 4.69) is 50.9 Å². The van der Waals surface area contributed by atoms with Crippen molar-refractivity contribution in [2.24, 2.45) is 0 Å². The third-order valence-electron chi connectivity index (χ3n) is 2.40. The van der Waals surface area contributed by atoms with Gasteiger partial charge >= 0.3 is 0 Å². The molecule has 0 amide bonds. The van der Waals surface area contributed by atoms with Gasteiger partial charge in [-0.15, -0.1) is 9.24 Å². The Morgan fingerprint density at radius 1 is 1.25 bits per heavy atom. The van der Waals surface area contributed by atoms with Gasteiger partial charge in [0.15, 0.2) is 0 Å². The van der Waals surface area contributed by atoms with Crippen LogP contribution in [0.2, 0.25) is 0 Å². The lowest BCUT2D eigenvalue weighted by Crippen LogP contribution is -2.35. The standard InChI is InChI=1S/C9H15B2P/c1-5(2)6-3-7(10)9(11)8(12)4-6/h3-5H,10-12H2,1-2H3. The van der Waals surface area contributed by atoms with Gasteiger partial charge in [-0.2, -0.15) is 0 Å². The van der Waals surface area contributed by atoms with E-state index in [9.17, 15) is 0 Å². The quantitative estimate of drug-likeness (QED) is 0.373. The summed E-state index contributed by atoms with van der Waals surface area (Å²) in [6.07, 6.45) is 0. The Bertz CT molecular complexity index is 272. The van der Waals surface area contributed by atoms with Crippen LogP contribution in [0.5, 0.6) is 0 Å². The highest BCUT2D eigenvalue weighted by Crippen LogP contribution is 2.10. The molecule has 1 aromatic rings. The van der Waals surface area contributed by atoms with Gasteiger partial charge in [0.25, 0.3) is 0 Å². The summed E-state index contributed by atoms with van der Waals surface area (Å²) >= 11 is 0. The summed E-state index contributed by atoms with van der Waals surface area (Å²) in [4.78, 5) is 0. The Balaban J connectivity index is 3.21. The Morgan fingerprint density at radius 3 is 2.25 bits per heavy atom. The Morgan fingerprint density at radius 2 is 1.83 bits per heavy atom. The second-order valence-electron chi connectivity index (χ2n) is 3.71. The average Bonchev–Trinajstić information content (AvgIpc) is 1.99. The molecule has 0 heterocycles. The van der Waals surface area contributed by atoms with E-state index in [1.807, 2.05) is 0 Å². The Labute approximate surface area is 79.2 Å². The van der Waals surface area contributed by atoms with Gasteiger partial charge in [-0.1, -0.05) is 36.9 Å². The first kappa shape index (κ1) is 9.86. The van der Waals surface area contributed by atoms with Crippen LogP contribution < -0.4 is 16.2 Å². The maximum Gasteiger partial charge on any atom is 0.139 e. The maximum atomic E-state index is 2.80. The molecule has 0 aliphatic heterocycles. The first-order valence-electron chi connectivity index (χ1n) is 4.39. The van der Waals surface area contributed by atoms with Crippen LogP contribution in [0.15, 0.2) is 12.1 Å². The summed E-state index contributed by atoms with van der Waals surface area (Å²) in [5.74, 6) is 0.628. The van der Waals surface area contributed by atoms with Crippen LogP contribution in [0.1, 0.15) is 25.3 Å². The van der Waals surface area contributed by atoms with Crippen LogP contribution in [0.3, 0.4) is 0 Å². The molecule has 0 saturated carbocycles. The molecule has 0 radical (unpaired) electrons. The average molecular weight is 176 g/mol. The summed E-state index contributed by atoms with van der Waals surface area (Å²) in [6, 6.07) is 4.55. The summed E-state index contributed by atoms with van der Waals surface area (Å²) in [5, 5.41) is 1.33. The molecule has 3 heteroatoms. The zero-order chi connectivity index (χ0) is 9.30. The zero-order valence-corrected chi connectivity index (χ0v) is 9.46. The lowest BCUT2D eigenvalue weighted by molar-refractivity contribution is 0.869. The molecule has 0 aliphatic carbocycles. The van der Waals surface area contributed by atoms with E-state index in [1.165, 1.54) is 21.8 Å². The fourth-order valence-electron chi connectivity index (χ4n) is 1.25. The predicted molar refractivity (Wildman–Crippen MR) is 66.2 cm³/mol. The molecule has 0 bridgehead atoms. The monoisotopic (exact) mass is 176 g/mol. The van der Waals surface area contributed by atoms with Crippen molar-refractivity contribution in [1.29, 1.82) is 0 Å². The minimum absolute atomic E-state index is 0.628. The highest BCUT2D eigenvalue weighted by Gasteiger charge is 2.03. The molecule has 1 aromatic carbocycles. The molecule has 1 atom stereocenters. The third-order valence-corrected chi connectivity index (χ3v) is 3.00. The van der Waals surface area contributed by atoms with Gasteiger partial charge in [0.05, 0.1) is 0 Å². The van der Waals surface area contributed by atoms with Crippen molar-refractivity contribution in [3.8, 4) is 0 Å². The molecule has 1 unspecified atom stereocenters. The fourth-order valence-corrected chi connectivity index (χ4v) is 1.67. The van der Waals surface area contributed by atoms with E-state index in [0.717, 1.165) is 0 Å². The summed E-state index contributed by atoms with van der Waals surface area (Å²) in [7, 11) is 7.14. The topological polar surface area (TPSA) is 0 Å². The van der Waals surface area contributed by atoms with Crippen molar-refractivity contribution >= 4 is 41.2 Å². The molecule has 62 valence electrons. The smallest absolute Gasteiger partial charge is 0.106 e. The van der Waals surface area contributed by atoms with Crippen molar-refractivity contribution in [2.45, 2.75) is 19.8 Å². The molecule has 12 heavy (non-hydrogen) atoms. The molecule has 0 N–H and O–H groups in total. The molecule has 0 saturated heterocycles. The van der Waals surface area contributed by atoms with Crippen molar-refractivity contribution in [3.63, 3.8) is 0 Å². The van der Waals surface area contributed by atoms with Crippen LogP contribution in [0.25, 0.3) is 0 Å². The fraction of sp³-hybridized carbons (Fsp3) is 0.333. The molecule has 0 fully saturated rings. The van der Waals surface area contributed by atoms with Gasteiger partial charge in [0.2, 0.25) is 0 Å². The van der Waals surface area contributed by atoms with E-state index in [-0.39, 0.29) is 0 Å². The molecular weight excluding hydrogens is 161 g/mol. The lowest BCUT2D eigenvalue weighted by Gasteiger charge is -2.11. The van der Waals surface area contributed by atoms with Gasteiger partial charge < -0.3 is 0 Å². The highest BCUT2D eigenvalue weighted by molar-refractivity contribution is 7.28. The second kappa shape index (κ2) is 3.66. The SMILES string of the molecule is Bc1cc(C(C)C)cc(P)c1B. The van der Waals surface area contributed by atoms with Gasteiger partial charge in [0.1, 0.15) is 15.7 Å². The molecule has 0 nitrogen and oxygen atoms in total. The van der Waals surface area contributed by atoms with Crippen LogP contribution in [0, 0.1) is 0 Å². The normalized spacial score (nSPS) is 10.7. The Kier molecular flexibility index (Phi) is 3.01. The molecule has 0 aliphatic rings. The molecule has 1 rings (SSSR count). The number of rotatable bonds is 1. The second-order valence-corrected chi connectivity index (χ2v) is 4.33. The minimum atomic E-state index is 0.628. The first-order valence-corrected chi connectivity index (χ1v) is 4.96. The third kappa shape index (κ3) is 1.93. The van der Waals surface area contributed by atoms with Crippen molar-refractivity contribution in [1.82, 2.24) is 0 Å². The van der Waals surface area contributed by atoms with Crippen molar-refractivity contribution in [2.75, 3.05) is 0 Å². The van der Waals surface area contributed by atoms with Gasteiger partial charge in [-0.25, -0.2) is 0 Å². The van der Waals surface area contributed by atoms with Crippen LogP contribution in [-0.4, -0.2) is 15.7 Å². The van der Waals surface area contributed by atoms with E-state index < -0.39 is 0 Å². The lowest BCUT2D eigenvalue weighted by atomic mass is 9.78. The van der Waals surface area contributed by atoms with Gasteiger partial charge in [-0.05, 0) is 16.8 Å². The van der Waals surface area contributed by atoms with E-state index in [4.69, 9.17) is 0 Å².